The molecule has 0 radical (unpaired) electrons. The quantitative estimate of drug-likeness (QED) is 0.126. The summed E-state index contributed by atoms with van der Waals surface area (Å²) in [7, 11) is 0. The third-order valence-electron chi connectivity index (χ3n) is 13.9. The molecule has 0 heterocycles. The van der Waals surface area contributed by atoms with Crippen LogP contribution in [-0.2, 0) is 5.41 Å². The van der Waals surface area contributed by atoms with E-state index in [-0.39, 0.29) is 0 Å². The molecule has 0 N–H and O–H groups in total. The molecular formula is C66H50N2. The van der Waals surface area contributed by atoms with Gasteiger partial charge in [-0.1, -0.05) is 188 Å². The van der Waals surface area contributed by atoms with Crippen LogP contribution in [-0.4, -0.2) is 0 Å². The number of nitrogens with zero attached hydrogens (tertiary/aromatic N) is 2. The van der Waals surface area contributed by atoms with Crippen LogP contribution < -0.4 is 9.80 Å². The van der Waals surface area contributed by atoms with Gasteiger partial charge in [-0.05, 0) is 165 Å². The highest BCUT2D eigenvalue weighted by Crippen LogP contribution is 2.63. The summed E-state index contributed by atoms with van der Waals surface area (Å²) in [5, 5.41) is 0. The van der Waals surface area contributed by atoms with Crippen molar-refractivity contribution in [2.45, 2.75) is 24.7 Å². The van der Waals surface area contributed by atoms with Gasteiger partial charge < -0.3 is 9.80 Å². The molecule has 324 valence electrons. The molecule has 0 saturated carbocycles. The number of fused-ring (bicyclic) bond motifs is 10. The Bertz CT molecular complexity index is 3380. The largest absolute Gasteiger partial charge is 0.314 e. The van der Waals surface area contributed by atoms with E-state index in [4.69, 9.17) is 0 Å². The summed E-state index contributed by atoms with van der Waals surface area (Å²) >= 11 is 0. The zero-order chi connectivity index (χ0) is 45.3. The molecule has 0 aliphatic heterocycles. The summed E-state index contributed by atoms with van der Waals surface area (Å²) in [6.45, 7) is 0. The molecule has 1 unspecified atom stereocenters. The smallest absolute Gasteiger partial charge is 0.0725 e. The summed E-state index contributed by atoms with van der Waals surface area (Å²) in [6, 6.07) is 71.5. The van der Waals surface area contributed by atoms with E-state index in [1.807, 2.05) is 0 Å². The van der Waals surface area contributed by atoms with Crippen molar-refractivity contribution >= 4 is 47.1 Å². The zero-order valence-corrected chi connectivity index (χ0v) is 37.9. The summed E-state index contributed by atoms with van der Waals surface area (Å²) in [4.78, 5) is 4.71. The minimum atomic E-state index is -0.448. The molecule has 0 amide bonds. The van der Waals surface area contributed by atoms with Gasteiger partial charge in [-0.25, -0.2) is 0 Å². The maximum Gasteiger partial charge on any atom is 0.0725 e. The summed E-state index contributed by atoms with van der Waals surface area (Å²) in [5.74, 6) is 0. The van der Waals surface area contributed by atoms with Crippen molar-refractivity contribution in [2.24, 2.45) is 0 Å². The van der Waals surface area contributed by atoms with Crippen LogP contribution in [0.3, 0.4) is 0 Å². The zero-order valence-electron chi connectivity index (χ0n) is 37.9. The first-order chi connectivity index (χ1) is 33.7. The SMILES string of the molecule is C1=CCC=CC(N(c2ccccc2)c2ccc(C=Cc3ccc4c(c3)C3(c5ccccc5-4)c4ccccc4-c4ccc(C=Cc5ccc(N(C6=CC=CCC6)c6ccccc6)cc5)cc43)cc2)=C1. The van der Waals surface area contributed by atoms with E-state index >= 15 is 0 Å². The number of para-hydroxylation sites is 2. The van der Waals surface area contributed by atoms with Crippen LogP contribution in [0.15, 0.2) is 254 Å². The highest BCUT2D eigenvalue weighted by molar-refractivity contribution is 5.96. The minimum Gasteiger partial charge on any atom is -0.314 e. The summed E-state index contributed by atoms with van der Waals surface area (Å²) in [5.41, 5.74) is 21.9. The van der Waals surface area contributed by atoms with Crippen LogP contribution in [0.5, 0.6) is 0 Å². The molecule has 1 spiro atoms. The standard InChI is InChI=1S/C66H50N2/c1-2-7-19-52(18-6-1)67(53-20-8-3-9-21-53)56-40-34-48(35-41-56)30-32-50-38-44-60-58-26-14-16-28-62(58)66(64(60)46-50)63-29-17-15-27-59(63)61-45-39-51(47-65(61)66)33-31-49-36-42-57(43-37-49)68(54-22-10-4-11-23-54)55-24-12-5-13-25-55/h1,3-12,14-24,26-47H,2,13,25H2. The molecule has 1 atom stereocenters. The lowest BCUT2D eigenvalue weighted by Gasteiger charge is -2.30. The number of benzene rings is 8. The lowest BCUT2D eigenvalue weighted by molar-refractivity contribution is 0.793. The van der Waals surface area contributed by atoms with Crippen molar-refractivity contribution in [1.29, 1.82) is 0 Å². The molecule has 0 fully saturated rings. The Hall–Kier alpha value is -8.46. The molecule has 0 saturated heterocycles. The fourth-order valence-corrected chi connectivity index (χ4v) is 10.8. The second-order valence-corrected chi connectivity index (χ2v) is 17.9. The molecule has 12 rings (SSSR count). The maximum absolute atomic E-state index is 2.45. The van der Waals surface area contributed by atoms with Crippen molar-refractivity contribution in [1.82, 2.24) is 0 Å². The molecule has 0 bridgehead atoms. The molecule has 4 aliphatic carbocycles. The van der Waals surface area contributed by atoms with E-state index in [9.17, 15) is 0 Å². The molecular weight excluding hydrogens is 821 g/mol. The van der Waals surface area contributed by atoms with Crippen LogP contribution in [0.25, 0.3) is 46.6 Å². The minimum absolute atomic E-state index is 0.448. The predicted molar refractivity (Wildman–Crippen MR) is 288 cm³/mol. The molecule has 0 aromatic heterocycles. The Labute approximate surface area is 400 Å². The van der Waals surface area contributed by atoms with Crippen molar-refractivity contribution in [3.63, 3.8) is 0 Å². The maximum atomic E-state index is 2.45. The summed E-state index contributed by atoms with van der Waals surface area (Å²) < 4.78 is 0. The average molecular weight is 871 g/mol. The number of allylic oxidation sites excluding steroid dienone is 9. The molecule has 2 nitrogen and oxygen atoms in total. The first-order valence-electron chi connectivity index (χ1n) is 23.9. The molecule has 68 heavy (non-hydrogen) atoms. The van der Waals surface area contributed by atoms with Gasteiger partial charge in [0.2, 0.25) is 0 Å². The third-order valence-corrected chi connectivity index (χ3v) is 13.9. The fraction of sp³-hybridized carbons (Fsp3) is 0.0606. The molecule has 8 aromatic rings. The van der Waals surface area contributed by atoms with Crippen LogP contribution in [0.1, 0.15) is 63.8 Å². The second kappa shape index (κ2) is 17.7. The van der Waals surface area contributed by atoms with E-state index in [1.54, 1.807) is 0 Å². The van der Waals surface area contributed by atoms with Crippen LogP contribution in [0.4, 0.5) is 22.7 Å². The van der Waals surface area contributed by atoms with Crippen LogP contribution >= 0.6 is 0 Å². The van der Waals surface area contributed by atoms with Gasteiger partial charge in [-0.15, -0.1) is 0 Å². The molecule has 2 heteroatoms. The Kier molecular flexibility index (Phi) is 10.7. The highest BCUT2D eigenvalue weighted by atomic mass is 15.2. The lowest BCUT2D eigenvalue weighted by Crippen LogP contribution is -2.26. The van der Waals surface area contributed by atoms with Crippen LogP contribution in [0, 0.1) is 0 Å². The average Bonchev–Trinajstić information content (AvgIpc) is 3.69. The van der Waals surface area contributed by atoms with Gasteiger partial charge in [-0.2, -0.15) is 0 Å². The number of rotatable bonds is 10. The Balaban J connectivity index is 0.882. The van der Waals surface area contributed by atoms with Gasteiger partial charge in [0.1, 0.15) is 0 Å². The first-order valence-corrected chi connectivity index (χ1v) is 23.9. The van der Waals surface area contributed by atoms with E-state index in [1.165, 1.54) is 78.3 Å². The van der Waals surface area contributed by atoms with E-state index in [2.05, 4.69) is 277 Å². The first kappa shape index (κ1) is 41.0. The molecule has 8 aromatic carbocycles. The molecule has 4 aliphatic rings. The number of hydrogen-bond acceptors (Lipinski definition) is 2. The van der Waals surface area contributed by atoms with Gasteiger partial charge in [0.25, 0.3) is 0 Å². The lowest BCUT2D eigenvalue weighted by atomic mass is 9.70. The van der Waals surface area contributed by atoms with Gasteiger partial charge in [-0.3, -0.25) is 0 Å². The number of anilines is 4. The topological polar surface area (TPSA) is 6.48 Å². The van der Waals surface area contributed by atoms with Crippen molar-refractivity contribution in [3.05, 3.63) is 299 Å². The van der Waals surface area contributed by atoms with Gasteiger partial charge in [0.05, 0.1) is 5.41 Å². The van der Waals surface area contributed by atoms with Crippen LogP contribution in [0.2, 0.25) is 0 Å². The Morgan fingerprint density at radius 2 is 0.824 bits per heavy atom. The van der Waals surface area contributed by atoms with Gasteiger partial charge in [0.15, 0.2) is 0 Å². The summed E-state index contributed by atoms with van der Waals surface area (Å²) in [6.07, 6.45) is 29.7. The van der Waals surface area contributed by atoms with E-state index in [0.29, 0.717) is 0 Å². The Morgan fingerprint density at radius 1 is 0.368 bits per heavy atom. The fourth-order valence-electron chi connectivity index (χ4n) is 10.8. The highest BCUT2D eigenvalue weighted by Gasteiger charge is 2.51. The van der Waals surface area contributed by atoms with Gasteiger partial charge >= 0.3 is 0 Å². The van der Waals surface area contributed by atoms with E-state index in [0.717, 1.165) is 41.9 Å². The predicted octanol–water partition coefficient (Wildman–Crippen LogP) is 17.3. The van der Waals surface area contributed by atoms with E-state index < -0.39 is 5.41 Å². The normalized spacial score (nSPS) is 16.3. The van der Waals surface area contributed by atoms with Crippen molar-refractivity contribution in [2.75, 3.05) is 9.80 Å². The van der Waals surface area contributed by atoms with Crippen molar-refractivity contribution in [3.8, 4) is 22.3 Å². The third kappa shape index (κ3) is 7.32. The van der Waals surface area contributed by atoms with Crippen molar-refractivity contribution < 1.29 is 0 Å². The monoisotopic (exact) mass is 870 g/mol. The van der Waals surface area contributed by atoms with Gasteiger partial charge in [0, 0.05) is 34.1 Å². The Morgan fingerprint density at radius 3 is 1.38 bits per heavy atom. The second-order valence-electron chi connectivity index (χ2n) is 17.9. The number of hydrogen-bond donors (Lipinski definition) is 0.